The summed E-state index contributed by atoms with van der Waals surface area (Å²) >= 11 is 0. The van der Waals surface area contributed by atoms with Gasteiger partial charge in [-0.2, -0.15) is 0 Å². The highest BCUT2D eigenvalue weighted by Gasteiger charge is 2.17. The van der Waals surface area contributed by atoms with E-state index in [1.165, 1.54) is 32.1 Å². The normalized spacial score (nSPS) is 14.9. The fraction of sp³-hybridized carbons (Fsp3) is 0.450. The molecule has 146 valence electrons. The third-order valence-electron chi connectivity index (χ3n) is 5.36. The van der Waals surface area contributed by atoms with Crippen molar-refractivity contribution in [2.24, 2.45) is 0 Å². The Hall–Kier alpha value is -3.03. The Kier molecular flexibility index (Phi) is 5.45. The number of aromatic amines is 1. The Labute approximate surface area is 164 Å². The molecular weight excluding hydrogens is 352 g/mol. The fourth-order valence-electron chi connectivity index (χ4n) is 3.70. The number of rotatable bonds is 6. The number of aryl methyl sites for hydroxylation is 1. The second-order valence-corrected chi connectivity index (χ2v) is 7.38. The minimum Gasteiger partial charge on any atom is -0.397 e. The van der Waals surface area contributed by atoms with Gasteiger partial charge in [-0.05, 0) is 38.0 Å². The number of hydrogen-bond acceptors (Lipinski definition) is 7. The molecule has 1 saturated carbocycles. The highest BCUT2D eigenvalue weighted by atomic mass is 15.3. The van der Waals surface area contributed by atoms with Gasteiger partial charge >= 0.3 is 0 Å². The van der Waals surface area contributed by atoms with Gasteiger partial charge in [-0.3, -0.25) is 10.1 Å². The lowest BCUT2D eigenvalue weighted by Crippen LogP contribution is -2.11. The standard InChI is InChI=1S/C20H26N8/c1-13-16(21)8-7-15(24-13)11-18-19(27-28-26-18)12-23-20-22-10-9-17(25-20)14-5-3-2-4-6-14/h7-10,14H,2-6,11-12,21H2,1H3,(H,22,23,25)(H,26,27,28). The fourth-order valence-corrected chi connectivity index (χ4v) is 3.70. The Morgan fingerprint density at radius 1 is 1.14 bits per heavy atom. The summed E-state index contributed by atoms with van der Waals surface area (Å²) in [6, 6.07) is 5.84. The average Bonchev–Trinajstić information content (AvgIpc) is 3.17. The molecule has 0 saturated heterocycles. The number of pyridine rings is 1. The number of H-pyrrole nitrogens is 1. The molecule has 0 radical (unpaired) electrons. The molecule has 0 amide bonds. The number of hydrogen-bond donors (Lipinski definition) is 3. The molecule has 3 aromatic rings. The third kappa shape index (κ3) is 4.27. The van der Waals surface area contributed by atoms with Crippen molar-refractivity contribution >= 4 is 11.6 Å². The van der Waals surface area contributed by atoms with Crippen LogP contribution in [-0.2, 0) is 13.0 Å². The van der Waals surface area contributed by atoms with Crippen LogP contribution < -0.4 is 11.1 Å². The summed E-state index contributed by atoms with van der Waals surface area (Å²) in [6.45, 7) is 2.44. The SMILES string of the molecule is Cc1nc(Cc2nn[nH]c2CNc2nccc(C3CCCCC3)n2)ccc1N. The summed E-state index contributed by atoms with van der Waals surface area (Å²) in [7, 11) is 0. The summed E-state index contributed by atoms with van der Waals surface area (Å²) in [4.78, 5) is 13.6. The van der Waals surface area contributed by atoms with E-state index in [4.69, 9.17) is 10.7 Å². The van der Waals surface area contributed by atoms with E-state index in [1.54, 1.807) is 0 Å². The predicted molar refractivity (Wildman–Crippen MR) is 108 cm³/mol. The van der Waals surface area contributed by atoms with Crippen molar-refractivity contribution in [1.29, 1.82) is 0 Å². The first kappa shape index (κ1) is 18.3. The van der Waals surface area contributed by atoms with Crippen LogP contribution in [0.3, 0.4) is 0 Å². The van der Waals surface area contributed by atoms with Crippen LogP contribution in [0.25, 0.3) is 0 Å². The summed E-state index contributed by atoms with van der Waals surface area (Å²) in [5.41, 5.74) is 11.2. The van der Waals surface area contributed by atoms with E-state index in [2.05, 4.69) is 30.7 Å². The first-order chi connectivity index (χ1) is 13.7. The lowest BCUT2D eigenvalue weighted by atomic mass is 9.87. The topological polar surface area (TPSA) is 118 Å². The molecule has 8 nitrogen and oxygen atoms in total. The molecule has 0 spiro atoms. The van der Waals surface area contributed by atoms with Crippen LogP contribution in [0.1, 0.15) is 66.5 Å². The molecule has 0 aromatic carbocycles. The van der Waals surface area contributed by atoms with Gasteiger partial charge in [0.25, 0.3) is 0 Å². The molecule has 1 fully saturated rings. The summed E-state index contributed by atoms with van der Waals surface area (Å²) < 4.78 is 0. The Balaban J connectivity index is 1.42. The van der Waals surface area contributed by atoms with Crippen molar-refractivity contribution in [3.63, 3.8) is 0 Å². The number of nitrogens with two attached hydrogens (primary N) is 1. The maximum Gasteiger partial charge on any atom is 0.223 e. The van der Waals surface area contributed by atoms with Gasteiger partial charge in [0.05, 0.1) is 29.3 Å². The van der Waals surface area contributed by atoms with Gasteiger partial charge in [-0.1, -0.05) is 24.5 Å². The number of anilines is 2. The van der Waals surface area contributed by atoms with Crippen LogP contribution in [0.4, 0.5) is 11.6 Å². The molecule has 4 rings (SSSR count). The number of nitrogen functional groups attached to an aromatic ring is 1. The molecule has 8 heteroatoms. The maximum atomic E-state index is 5.85. The largest absolute Gasteiger partial charge is 0.397 e. The lowest BCUT2D eigenvalue weighted by Gasteiger charge is -2.21. The van der Waals surface area contributed by atoms with Crippen LogP contribution in [0, 0.1) is 6.92 Å². The molecule has 1 aliphatic rings. The van der Waals surface area contributed by atoms with E-state index < -0.39 is 0 Å². The zero-order valence-electron chi connectivity index (χ0n) is 16.1. The molecule has 1 aliphatic carbocycles. The minimum absolute atomic E-state index is 0.532. The van der Waals surface area contributed by atoms with E-state index in [1.807, 2.05) is 31.3 Å². The van der Waals surface area contributed by atoms with Crippen molar-refractivity contribution in [3.05, 3.63) is 52.9 Å². The molecule has 0 atom stereocenters. The molecule has 0 unspecified atom stereocenters. The van der Waals surface area contributed by atoms with Gasteiger partial charge in [-0.15, -0.1) is 5.10 Å². The molecular formula is C20H26N8. The minimum atomic E-state index is 0.532. The lowest BCUT2D eigenvalue weighted by molar-refractivity contribution is 0.436. The highest BCUT2D eigenvalue weighted by molar-refractivity contribution is 5.42. The van der Waals surface area contributed by atoms with Crippen molar-refractivity contribution in [2.45, 2.75) is 57.9 Å². The van der Waals surface area contributed by atoms with E-state index in [0.29, 0.717) is 30.5 Å². The smallest absolute Gasteiger partial charge is 0.223 e. The van der Waals surface area contributed by atoms with Gasteiger partial charge in [0.2, 0.25) is 5.95 Å². The van der Waals surface area contributed by atoms with Crippen LogP contribution >= 0.6 is 0 Å². The summed E-state index contributed by atoms with van der Waals surface area (Å²) in [6.07, 6.45) is 8.80. The van der Waals surface area contributed by atoms with Crippen molar-refractivity contribution in [1.82, 2.24) is 30.4 Å². The Morgan fingerprint density at radius 2 is 2.00 bits per heavy atom. The first-order valence-corrected chi connectivity index (χ1v) is 9.86. The van der Waals surface area contributed by atoms with Gasteiger partial charge in [0.1, 0.15) is 0 Å². The van der Waals surface area contributed by atoms with Crippen LogP contribution in [-0.4, -0.2) is 30.4 Å². The second kappa shape index (κ2) is 8.33. The van der Waals surface area contributed by atoms with E-state index >= 15 is 0 Å². The van der Waals surface area contributed by atoms with Crippen molar-refractivity contribution < 1.29 is 0 Å². The van der Waals surface area contributed by atoms with E-state index in [0.717, 1.165) is 28.5 Å². The second-order valence-electron chi connectivity index (χ2n) is 7.38. The zero-order chi connectivity index (χ0) is 19.3. The first-order valence-electron chi connectivity index (χ1n) is 9.86. The molecule has 4 N–H and O–H groups in total. The highest BCUT2D eigenvalue weighted by Crippen LogP contribution is 2.31. The molecule has 0 bridgehead atoms. The summed E-state index contributed by atoms with van der Waals surface area (Å²) in [5, 5.41) is 14.4. The van der Waals surface area contributed by atoms with Gasteiger partial charge in [0.15, 0.2) is 0 Å². The van der Waals surface area contributed by atoms with Gasteiger partial charge in [0, 0.05) is 29.9 Å². The van der Waals surface area contributed by atoms with Crippen LogP contribution in [0.5, 0.6) is 0 Å². The van der Waals surface area contributed by atoms with Crippen LogP contribution in [0.15, 0.2) is 24.4 Å². The maximum absolute atomic E-state index is 5.85. The molecule has 3 heterocycles. The Bertz CT molecular complexity index is 929. The zero-order valence-corrected chi connectivity index (χ0v) is 16.1. The quantitative estimate of drug-likeness (QED) is 0.603. The van der Waals surface area contributed by atoms with Gasteiger partial charge in [-0.25, -0.2) is 9.97 Å². The molecule has 28 heavy (non-hydrogen) atoms. The van der Waals surface area contributed by atoms with E-state index in [-0.39, 0.29) is 0 Å². The van der Waals surface area contributed by atoms with E-state index in [9.17, 15) is 0 Å². The molecule has 3 aromatic heterocycles. The van der Waals surface area contributed by atoms with Gasteiger partial charge < -0.3 is 11.1 Å². The number of nitrogens with zero attached hydrogens (tertiary/aromatic N) is 5. The third-order valence-corrected chi connectivity index (χ3v) is 5.36. The average molecular weight is 378 g/mol. The summed E-state index contributed by atoms with van der Waals surface area (Å²) in [5.74, 6) is 1.20. The van der Waals surface area contributed by atoms with Crippen molar-refractivity contribution in [2.75, 3.05) is 11.1 Å². The Morgan fingerprint density at radius 3 is 2.82 bits per heavy atom. The number of nitrogens with one attached hydrogen (secondary N) is 2. The van der Waals surface area contributed by atoms with Crippen LogP contribution in [0.2, 0.25) is 0 Å². The monoisotopic (exact) mass is 378 g/mol. The predicted octanol–water partition coefficient (Wildman–Crippen LogP) is 3.13. The van der Waals surface area contributed by atoms with Crippen molar-refractivity contribution in [3.8, 4) is 0 Å². The number of aromatic nitrogens is 6. The molecule has 0 aliphatic heterocycles.